The van der Waals surface area contributed by atoms with Crippen LogP contribution in [0.5, 0.6) is 0 Å². The molecule has 0 aromatic heterocycles. The van der Waals surface area contributed by atoms with Crippen LogP contribution in [0.25, 0.3) is 0 Å². The van der Waals surface area contributed by atoms with Crippen LogP contribution >= 0.6 is 11.8 Å². The fraction of sp³-hybridized carbons (Fsp3) is 0.750. The van der Waals surface area contributed by atoms with Crippen LogP contribution in [0.1, 0.15) is 19.3 Å². The van der Waals surface area contributed by atoms with E-state index in [1.165, 1.54) is 4.90 Å². The summed E-state index contributed by atoms with van der Waals surface area (Å²) in [6.07, 6.45) is 1.63. The zero-order valence-corrected chi connectivity index (χ0v) is 11.9. The highest BCUT2D eigenvalue weighted by atomic mass is 32.2. The average Bonchev–Trinajstić information content (AvgIpc) is 2.41. The summed E-state index contributed by atoms with van der Waals surface area (Å²) in [6, 6.07) is -1.15. The Morgan fingerprint density at radius 1 is 1.50 bits per heavy atom. The third-order valence-electron chi connectivity index (χ3n) is 3.45. The molecule has 2 heterocycles. The van der Waals surface area contributed by atoms with Crippen molar-refractivity contribution in [2.75, 3.05) is 24.6 Å². The van der Waals surface area contributed by atoms with Gasteiger partial charge in [0.15, 0.2) is 0 Å². The summed E-state index contributed by atoms with van der Waals surface area (Å²) < 4.78 is 0. The molecule has 2 rings (SSSR count). The maximum absolute atomic E-state index is 12.2. The van der Waals surface area contributed by atoms with Crippen LogP contribution in [-0.4, -0.2) is 64.6 Å². The minimum atomic E-state index is -1.09. The zero-order chi connectivity index (χ0) is 14.5. The fourth-order valence-corrected chi connectivity index (χ4v) is 3.51. The van der Waals surface area contributed by atoms with E-state index >= 15 is 0 Å². The number of carbonyl (C=O) groups is 3. The van der Waals surface area contributed by atoms with E-state index in [0.717, 1.165) is 24.3 Å². The lowest BCUT2D eigenvalue weighted by molar-refractivity contribution is -0.142. The Morgan fingerprint density at radius 3 is 2.95 bits per heavy atom. The average molecular weight is 301 g/mol. The van der Waals surface area contributed by atoms with E-state index in [1.807, 2.05) is 0 Å². The second-order valence-electron chi connectivity index (χ2n) is 4.96. The van der Waals surface area contributed by atoms with Gasteiger partial charge in [0.05, 0.1) is 6.42 Å². The van der Waals surface area contributed by atoms with Gasteiger partial charge in [0, 0.05) is 24.9 Å². The molecule has 0 aliphatic carbocycles. The number of nitrogens with one attached hydrogen (secondary N) is 2. The van der Waals surface area contributed by atoms with E-state index in [2.05, 4.69) is 10.6 Å². The summed E-state index contributed by atoms with van der Waals surface area (Å²) in [6.45, 7) is 0.706. The van der Waals surface area contributed by atoms with E-state index < -0.39 is 17.9 Å². The van der Waals surface area contributed by atoms with E-state index in [-0.39, 0.29) is 18.5 Å². The molecule has 7 nitrogen and oxygen atoms in total. The number of piperazine rings is 1. The molecule has 0 radical (unpaired) electrons. The highest BCUT2D eigenvalue weighted by Gasteiger charge is 2.35. The predicted octanol–water partition coefficient (Wildman–Crippen LogP) is -0.133. The highest BCUT2D eigenvalue weighted by Crippen LogP contribution is 2.18. The number of urea groups is 1. The van der Waals surface area contributed by atoms with Crippen molar-refractivity contribution >= 4 is 29.7 Å². The van der Waals surface area contributed by atoms with Crippen molar-refractivity contribution < 1.29 is 19.5 Å². The maximum Gasteiger partial charge on any atom is 0.318 e. The molecule has 8 heteroatoms. The van der Waals surface area contributed by atoms with Gasteiger partial charge in [-0.25, -0.2) is 4.79 Å². The third kappa shape index (κ3) is 3.78. The number of hydrogen-bond acceptors (Lipinski definition) is 4. The molecule has 112 valence electrons. The molecule has 0 spiro atoms. The quantitative estimate of drug-likeness (QED) is 0.674. The van der Waals surface area contributed by atoms with Gasteiger partial charge in [-0.15, -0.1) is 0 Å². The van der Waals surface area contributed by atoms with E-state index in [1.54, 1.807) is 11.8 Å². The second kappa shape index (κ2) is 6.83. The van der Waals surface area contributed by atoms with Gasteiger partial charge in [-0.1, -0.05) is 0 Å². The first-order chi connectivity index (χ1) is 9.58. The van der Waals surface area contributed by atoms with Crippen molar-refractivity contribution in [3.05, 3.63) is 0 Å². The van der Waals surface area contributed by atoms with E-state index in [0.29, 0.717) is 13.1 Å². The molecule has 2 fully saturated rings. The SMILES string of the molecule is O=C(O)CC1C(=O)NCCN1C(=O)NC1CCCSC1. The number of carboxylic acid groups (broad SMARTS) is 1. The van der Waals surface area contributed by atoms with Crippen LogP contribution in [0.2, 0.25) is 0 Å². The van der Waals surface area contributed by atoms with Crippen molar-refractivity contribution in [1.82, 2.24) is 15.5 Å². The van der Waals surface area contributed by atoms with Crippen LogP contribution in [0, 0.1) is 0 Å². The molecular formula is C12H19N3O4S. The molecule has 2 aliphatic rings. The summed E-state index contributed by atoms with van der Waals surface area (Å²) in [7, 11) is 0. The number of nitrogens with zero attached hydrogens (tertiary/aromatic N) is 1. The Labute approximate surface area is 121 Å². The number of hydrogen-bond donors (Lipinski definition) is 3. The number of carboxylic acids is 1. The summed E-state index contributed by atoms with van der Waals surface area (Å²) in [4.78, 5) is 36.1. The van der Waals surface area contributed by atoms with Crippen LogP contribution in [0.4, 0.5) is 4.79 Å². The highest BCUT2D eigenvalue weighted by molar-refractivity contribution is 7.99. The van der Waals surface area contributed by atoms with Crippen molar-refractivity contribution in [2.45, 2.75) is 31.3 Å². The maximum atomic E-state index is 12.2. The lowest BCUT2D eigenvalue weighted by Gasteiger charge is -2.35. The summed E-state index contributed by atoms with van der Waals surface area (Å²) in [5.74, 6) is 0.500. The van der Waals surface area contributed by atoms with Crippen molar-refractivity contribution in [3.63, 3.8) is 0 Å². The Hall–Kier alpha value is -1.44. The number of rotatable bonds is 3. The first kappa shape index (κ1) is 15.0. The lowest BCUT2D eigenvalue weighted by Crippen LogP contribution is -2.61. The van der Waals surface area contributed by atoms with Crippen LogP contribution < -0.4 is 10.6 Å². The largest absolute Gasteiger partial charge is 0.481 e. The molecule has 2 unspecified atom stereocenters. The standard InChI is InChI=1S/C12H19N3O4S/c16-10(17)6-9-11(18)13-3-4-15(9)12(19)14-8-2-1-5-20-7-8/h8-9H,1-7H2,(H,13,18)(H,14,19)(H,16,17). The molecule has 20 heavy (non-hydrogen) atoms. The van der Waals surface area contributed by atoms with Gasteiger partial charge in [0.25, 0.3) is 0 Å². The summed E-state index contributed by atoms with van der Waals surface area (Å²) >= 11 is 1.80. The van der Waals surface area contributed by atoms with Gasteiger partial charge >= 0.3 is 12.0 Å². The van der Waals surface area contributed by atoms with Gasteiger partial charge in [-0.05, 0) is 18.6 Å². The normalized spacial score (nSPS) is 26.8. The Bertz CT molecular complexity index is 398. The second-order valence-corrected chi connectivity index (χ2v) is 6.11. The monoisotopic (exact) mass is 301 g/mol. The Morgan fingerprint density at radius 2 is 2.30 bits per heavy atom. The minimum absolute atomic E-state index is 0.108. The Kier molecular flexibility index (Phi) is 5.11. The number of carbonyl (C=O) groups excluding carboxylic acids is 2. The third-order valence-corrected chi connectivity index (χ3v) is 4.66. The summed E-state index contributed by atoms with van der Waals surface area (Å²) in [5.41, 5.74) is 0. The molecule has 0 saturated carbocycles. The van der Waals surface area contributed by atoms with Gasteiger partial charge in [0.1, 0.15) is 6.04 Å². The molecule has 2 saturated heterocycles. The molecule has 2 atom stereocenters. The topological polar surface area (TPSA) is 98.7 Å². The van der Waals surface area contributed by atoms with Crippen molar-refractivity contribution in [1.29, 1.82) is 0 Å². The minimum Gasteiger partial charge on any atom is -0.481 e. The molecule has 3 amide bonds. The van der Waals surface area contributed by atoms with Crippen LogP contribution in [0.15, 0.2) is 0 Å². The Balaban J connectivity index is 1.97. The summed E-state index contributed by atoms with van der Waals surface area (Å²) in [5, 5.41) is 14.4. The number of thioether (sulfide) groups is 1. The van der Waals surface area contributed by atoms with Gasteiger partial charge in [-0.2, -0.15) is 11.8 Å². The predicted molar refractivity (Wildman–Crippen MR) is 74.6 cm³/mol. The van der Waals surface area contributed by atoms with Crippen molar-refractivity contribution in [3.8, 4) is 0 Å². The lowest BCUT2D eigenvalue weighted by atomic mass is 10.1. The first-order valence-electron chi connectivity index (χ1n) is 6.72. The van der Waals surface area contributed by atoms with Crippen molar-refractivity contribution in [2.24, 2.45) is 0 Å². The van der Waals surface area contributed by atoms with Crippen LogP contribution in [0.3, 0.4) is 0 Å². The number of amides is 3. The molecule has 0 aromatic rings. The van der Waals surface area contributed by atoms with Crippen LogP contribution in [-0.2, 0) is 9.59 Å². The molecule has 3 N–H and O–H groups in total. The molecular weight excluding hydrogens is 282 g/mol. The van der Waals surface area contributed by atoms with Gasteiger partial charge in [-0.3, -0.25) is 9.59 Å². The number of aliphatic carboxylic acids is 1. The molecule has 0 bridgehead atoms. The first-order valence-corrected chi connectivity index (χ1v) is 7.88. The van der Waals surface area contributed by atoms with Gasteiger partial charge < -0.3 is 20.6 Å². The smallest absolute Gasteiger partial charge is 0.318 e. The molecule has 0 aromatic carbocycles. The van der Waals surface area contributed by atoms with E-state index in [4.69, 9.17) is 5.11 Å². The fourth-order valence-electron chi connectivity index (χ4n) is 2.44. The van der Waals surface area contributed by atoms with Gasteiger partial charge in [0.2, 0.25) is 5.91 Å². The molecule has 2 aliphatic heterocycles. The van der Waals surface area contributed by atoms with E-state index in [9.17, 15) is 14.4 Å². The zero-order valence-electron chi connectivity index (χ0n) is 11.1.